The highest BCUT2D eigenvalue weighted by atomic mass is 16.3. The van der Waals surface area contributed by atoms with Gasteiger partial charge in [0.25, 0.3) is 0 Å². The predicted molar refractivity (Wildman–Crippen MR) is 60.4 cm³/mol. The van der Waals surface area contributed by atoms with E-state index < -0.39 is 0 Å². The van der Waals surface area contributed by atoms with E-state index in [2.05, 4.69) is 11.9 Å². The molecule has 2 rings (SSSR count). The first-order valence-corrected chi connectivity index (χ1v) is 5.71. The summed E-state index contributed by atoms with van der Waals surface area (Å²) in [7, 11) is 2.13. The zero-order valence-corrected chi connectivity index (χ0v) is 9.36. The summed E-state index contributed by atoms with van der Waals surface area (Å²) in [6, 6.07) is 2.42. The van der Waals surface area contributed by atoms with Crippen LogP contribution in [0.1, 0.15) is 24.8 Å². The van der Waals surface area contributed by atoms with E-state index in [1.54, 1.807) is 12.5 Å². The third-order valence-corrected chi connectivity index (χ3v) is 3.10. The van der Waals surface area contributed by atoms with Crippen LogP contribution in [-0.4, -0.2) is 24.5 Å². The monoisotopic (exact) mass is 208 g/mol. The van der Waals surface area contributed by atoms with Crippen LogP contribution in [0.25, 0.3) is 0 Å². The molecule has 1 aromatic rings. The number of nitrogens with two attached hydrogens (primary N) is 1. The van der Waals surface area contributed by atoms with Gasteiger partial charge in [-0.25, -0.2) is 0 Å². The average molecular weight is 208 g/mol. The maximum absolute atomic E-state index is 6.06. The van der Waals surface area contributed by atoms with Crippen molar-refractivity contribution in [3.63, 3.8) is 0 Å². The Bertz CT molecular complexity index is 280. The van der Waals surface area contributed by atoms with Crippen molar-refractivity contribution < 1.29 is 4.42 Å². The van der Waals surface area contributed by atoms with Crippen molar-refractivity contribution in [1.29, 1.82) is 0 Å². The van der Waals surface area contributed by atoms with Gasteiger partial charge in [-0.05, 0) is 44.8 Å². The highest BCUT2D eigenvalue weighted by Crippen LogP contribution is 2.32. The van der Waals surface area contributed by atoms with Gasteiger partial charge in [0.1, 0.15) is 0 Å². The Kier molecular flexibility index (Phi) is 3.44. The molecule has 3 nitrogen and oxygen atoms in total. The van der Waals surface area contributed by atoms with E-state index in [1.807, 2.05) is 6.07 Å². The van der Waals surface area contributed by atoms with Crippen LogP contribution in [0.5, 0.6) is 0 Å². The summed E-state index contributed by atoms with van der Waals surface area (Å²) in [5, 5.41) is 0. The highest BCUT2D eigenvalue weighted by Gasteiger charge is 2.28. The lowest BCUT2D eigenvalue weighted by Crippen LogP contribution is -2.29. The van der Waals surface area contributed by atoms with Gasteiger partial charge in [-0.15, -0.1) is 0 Å². The second-order valence-electron chi connectivity index (χ2n) is 4.66. The largest absolute Gasteiger partial charge is 0.472 e. The van der Waals surface area contributed by atoms with Gasteiger partial charge in [-0.1, -0.05) is 0 Å². The molecular formula is C12H20N2O. The Morgan fingerprint density at radius 1 is 1.60 bits per heavy atom. The van der Waals surface area contributed by atoms with E-state index in [-0.39, 0.29) is 0 Å². The molecule has 1 heterocycles. The fourth-order valence-corrected chi connectivity index (χ4v) is 1.90. The van der Waals surface area contributed by atoms with Crippen molar-refractivity contribution in [1.82, 2.24) is 4.90 Å². The lowest BCUT2D eigenvalue weighted by atomic mass is 10.1. The Morgan fingerprint density at radius 2 is 2.40 bits per heavy atom. The van der Waals surface area contributed by atoms with Gasteiger partial charge < -0.3 is 15.1 Å². The van der Waals surface area contributed by atoms with E-state index >= 15 is 0 Å². The number of rotatable bonds is 6. The third kappa shape index (κ3) is 3.36. The summed E-state index contributed by atoms with van der Waals surface area (Å²) in [5.41, 5.74) is 7.29. The fraction of sp³-hybridized carbons (Fsp3) is 0.667. The van der Waals surface area contributed by atoms with Crippen LogP contribution < -0.4 is 5.73 Å². The lowest BCUT2D eigenvalue weighted by Gasteiger charge is -2.18. The molecule has 0 saturated heterocycles. The Balaban J connectivity index is 1.65. The SMILES string of the molecule is CN(CCC(N)C1CC1)Cc1ccoc1. The summed E-state index contributed by atoms with van der Waals surface area (Å²) in [6.45, 7) is 2.02. The first-order valence-electron chi connectivity index (χ1n) is 5.71. The molecule has 84 valence electrons. The van der Waals surface area contributed by atoms with E-state index in [9.17, 15) is 0 Å². The van der Waals surface area contributed by atoms with Gasteiger partial charge in [0.15, 0.2) is 0 Å². The van der Waals surface area contributed by atoms with E-state index in [4.69, 9.17) is 10.2 Å². The molecule has 0 aliphatic heterocycles. The molecule has 1 aromatic heterocycles. The summed E-state index contributed by atoms with van der Waals surface area (Å²) in [5.74, 6) is 0.812. The minimum Gasteiger partial charge on any atom is -0.472 e. The fourth-order valence-electron chi connectivity index (χ4n) is 1.90. The minimum absolute atomic E-state index is 0.414. The zero-order chi connectivity index (χ0) is 10.7. The van der Waals surface area contributed by atoms with Crippen LogP contribution in [0.4, 0.5) is 0 Å². The molecule has 1 aliphatic carbocycles. The molecule has 1 aliphatic rings. The molecular weight excluding hydrogens is 188 g/mol. The molecule has 15 heavy (non-hydrogen) atoms. The van der Waals surface area contributed by atoms with E-state index in [0.29, 0.717) is 6.04 Å². The standard InChI is InChI=1S/C12H20N2O/c1-14(8-10-5-7-15-9-10)6-4-12(13)11-2-3-11/h5,7,9,11-12H,2-4,6,8,13H2,1H3. The van der Waals surface area contributed by atoms with Gasteiger partial charge in [0.2, 0.25) is 0 Å². The molecule has 0 radical (unpaired) electrons. The number of hydrogen-bond donors (Lipinski definition) is 1. The maximum Gasteiger partial charge on any atom is 0.0947 e. The van der Waals surface area contributed by atoms with E-state index in [1.165, 1.54) is 18.4 Å². The number of hydrogen-bond acceptors (Lipinski definition) is 3. The molecule has 0 bridgehead atoms. The first kappa shape index (κ1) is 10.7. The second kappa shape index (κ2) is 4.81. The van der Waals surface area contributed by atoms with Gasteiger partial charge in [-0.2, -0.15) is 0 Å². The van der Waals surface area contributed by atoms with Crippen LogP contribution in [0, 0.1) is 5.92 Å². The quantitative estimate of drug-likeness (QED) is 0.775. The molecule has 1 saturated carbocycles. The number of nitrogens with zero attached hydrogens (tertiary/aromatic N) is 1. The molecule has 3 heteroatoms. The molecule has 1 atom stereocenters. The maximum atomic E-state index is 6.06. The summed E-state index contributed by atoms with van der Waals surface area (Å²) >= 11 is 0. The lowest BCUT2D eigenvalue weighted by molar-refractivity contribution is 0.304. The topological polar surface area (TPSA) is 42.4 Å². The van der Waals surface area contributed by atoms with Crippen LogP contribution in [-0.2, 0) is 6.54 Å². The van der Waals surface area contributed by atoms with Gasteiger partial charge >= 0.3 is 0 Å². The van der Waals surface area contributed by atoms with Crippen molar-refractivity contribution >= 4 is 0 Å². The summed E-state index contributed by atoms with van der Waals surface area (Å²) < 4.78 is 5.04. The van der Waals surface area contributed by atoms with Crippen molar-refractivity contribution in [3.05, 3.63) is 24.2 Å². The van der Waals surface area contributed by atoms with Crippen LogP contribution in [0.3, 0.4) is 0 Å². The zero-order valence-electron chi connectivity index (χ0n) is 9.36. The van der Waals surface area contributed by atoms with Crippen LogP contribution in [0.2, 0.25) is 0 Å². The molecule has 2 N–H and O–H groups in total. The summed E-state index contributed by atoms with van der Waals surface area (Å²) in [4.78, 5) is 2.30. The predicted octanol–water partition coefficient (Wildman–Crippen LogP) is 1.84. The molecule has 1 fully saturated rings. The van der Waals surface area contributed by atoms with Gasteiger partial charge in [-0.3, -0.25) is 0 Å². The first-order chi connectivity index (χ1) is 7.25. The Morgan fingerprint density at radius 3 is 3.00 bits per heavy atom. The molecule has 0 amide bonds. The van der Waals surface area contributed by atoms with Crippen molar-refractivity contribution in [2.24, 2.45) is 11.7 Å². The Hall–Kier alpha value is -0.800. The average Bonchev–Trinajstić information content (AvgIpc) is 2.95. The summed E-state index contributed by atoms with van der Waals surface area (Å²) in [6.07, 6.45) is 7.31. The van der Waals surface area contributed by atoms with Crippen LogP contribution in [0.15, 0.2) is 23.0 Å². The van der Waals surface area contributed by atoms with E-state index in [0.717, 1.165) is 25.4 Å². The van der Waals surface area contributed by atoms with Crippen molar-refractivity contribution in [3.8, 4) is 0 Å². The smallest absolute Gasteiger partial charge is 0.0947 e. The molecule has 0 aromatic carbocycles. The molecule has 1 unspecified atom stereocenters. The Labute approximate surface area is 91.2 Å². The minimum atomic E-state index is 0.414. The van der Waals surface area contributed by atoms with Gasteiger partial charge in [0, 0.05) is 18.2 Å². The normalized spacial score (nSPS) is 18.3. The second-order valence-corrected chi connectivity index (χ2v) is 4.66. The molecule has 0 spiro atoms. The number of furan rings is 1. The highest BCUT2D eigenvalue weighted by molar-refractivity contribution is 5.04. The van der Waals surface area contributed by atoms with Crippen molar-refractivity contribution in [2.75, 3.05) is 13.6 Å². The van der Waals surface area contributed by atoms with Crippen LogP contribution >= 0.6 is 0 Å². The third-order valence-electron chi connectivity index (χ3n) is 3.10. The van der Waals surface area contributed by atoms with Crippen molar-refractivity contribution in [2.45, 2.75) is 31.8 Å². The van der Waals surface area contributed by atoms with Gasteiger partial charge in [0.05, 0.1) is 12.5 Å².